The van der Waals surface area contributed by atoms with Crippen molar-refractivity contribution in [3.05, 3.63) is 76.9 Å². The molecule has 0 aliphatic carbocycles. The summed E-state index contributed by atoms with van der Waals surface area (Å²) in [5.74, 6) is -0.982. The third kappa shape index (κ3) is 6.75. The molecule has 226 valence electrons. The first-order valence-corrected chi connectivity index (χ1v) is 14.7. The lowest BCUT2D eigenvalue weighted by Gasteiger charge is -2.22. The summed E-state index contributed by atoms with van der Waals surface area (Å²) >= 11 is 0. The van der Waals surface area contributed by atoms with Gasteiger partial charge in [0.1, 0.15) is 23.8 Å². The number of imidazole rings is 1. The maximum atomic E-state index is 12.6. The summed E-state index contributed by atoms with van der Waals surface area (Å²) in [6.45, 7) is 20.1. The smallest absolute Gasteiger partial charge is 0.347 e. The normalized spacial score (nSPS) is 16.9. The van der Waals surface area contributed by atoms with Gasteiger partial charge in [-0.2, -0.15) is 9.13 Å². The van der Waals surface area contributed by atoms with E-state index in [1.807, 2.05) is 21.5 Å². The summed E-state index contributed by atoms with van der Waals surface area (Å²) in [6.07, 6.45) is 2.26. The molecule has 1 saturated heterocycles. The van der Waals surface area contributed by atoms with E-state index in [0.29, 0.717) is 0 Å². The second kappa shape index (κ2) is 13.4. The highest BCUT2D eigenvalue weighted by Gasteiger charge is 2.32. The minimum Gasteiger partial charge on any atom is -0.538 e. The summed E-state index contributed by atoms with van der Waals surface area (Å²) < 4.78 is 12.8. The fraction of sp³-hybridized carbons (Fsp3) is 0.471. The minimum atomic E-state index is -1.18. The quantitative estimate of drug-likeness (QED) is 0.273. The molecule has 1 aliphatic heterocycles. The van der Waals surface area contributed by atoms with Crippen molar-refractivity contribution < 1.29 is 33.5 Å². The van der Waals surface area contributed by atoms with Crippen LogP contribution in [-0.2, 0) is 19.1 Å². The molecular weight excluding hydrogens is 532 g/mol. The zero-order chi connectivity index (χ0) is 31.5. The third-order valence-electron chi connectivity index (χ3n) is 7.42. The molecule has 2 atom stereocenters. The van der Waals surface area contributed by atoms with Gasteiger partial charge in [-0.25, -0.2) is 9.59 Å². The Hall–Kier alpha value is -3.94. The summed E-state index contributed by atoms with van der Waals surface area (Å²) in [4.78, 5) is 33.9. The molecule has 2 unspecified atom stereocenters. The predicted octanol–water partition coefficient (Wildman–Crippen LogP) is 5.47. The van der Waals surface area contributed by atoms with Crippen LogP contribution in [0.1, 0.15) is 126 Å². The van der Waals surface area contributed by atoms with Gasteiger partial charge in [0.05, 0.1) is 0 Å². The lowest BCUT2D eigenvalue weighted by molar-refractivity contribution is -0.602. The van der Waals surface area contributed by atoms with Gasteiger partial charge < -0.3 is 19.4 Å². The first-order chi connectivity index (χ1) is 19.7. The van der Waals surface area contributed by atoms with E-state index in [1.165, 1.54) is 13.8 Å². The van der Waals surface area contributed by atoms with Crippen molar-refractivity contribution in [2.45, 2.75) is 105 Å². The molecule has 8 heteroatoms. The summed E-state index contributed by atoms with van der Waals surface area (Å²) in [7, 11) is 0. The Morgan fingerprint density at radius 1 is 0.738 bits per heavy atom. The average Bonchev–Trinajstić information content (AvgIpc) is 3.36. The second-order valence-electron chi connectivity index (χ2n) is 12.0. The van der Waals surface area contributed by atoms with Gasteiger partial charge in [-0.05, 0) is 37.5 Å². The Kier molecular flexibility index (Phi) is 10.4. The van der Waals surface area contributed by atoms with Gasteiger partial charge in [-0.15, -0.1) is 0 Å². The fourth-order valence-corrected chi connectivity index (χ4v) is 5.16. The summed E-state index contributed by atoms with van der Waals surface area (Å²) in [6, 6.07) is 12.5. The van der Waals surface area contributed by atoms with Gasteiger partial charge in [-0.3, -0.25) is 0 Å². The van der Waals surface area contributed by atoms with E-state index in [2.05, 4.69) is 101 Å². The van der Waals surface area contributed by atoms with Crippen LogP contribution in [0.5, 0.6) is 0 Å². The number of carbonyl (C=O) groups is 3. The van der Waals surface area contributed by atoms with E-state index in [4.69, 9.17) is 0 Å². The molecule has 0 spiro atoms. The van der Waals surface area contributed by atoms with Crippen LogP contribution in [0, 0.1) is 0 Å². The van der Waals surface area contributed by atoms with Crippen LogP contribution >= 0.6 is 0 Å². The van der Waals surface area contributed by atoms with Crippen molar-refractivity contribution in [2.75, 3.05) is 0 Å². The summed E-state index contributed by atoms with van der Waals surface area (Å²) in [5.41, 5.74) is 6.41. The number of para-hydroxylation sites is 2. The number of nitrogens with zero attached hydrogens (tertiary/aromatic N) is 2. The van der Waals surface area contributed by atoms with Crippen LogP contribution < -0.4 is 9.67 Å². The number of benzene rings is 2. The number of rotatable bonds is 7. The molecule has 0 amide bonds. The molecule has 8 nitrogen and oxygen atoms in total. The van der Waals surface area contributed by atoms with Gasteiger partial charge in [0.25, 0.3) is 0 Å². The zero-order valence-corrected chi connectivity index (χ0v) is 26.4. The van der Waals surface area contributed by atoms with Crippen molar-refractivity contribution in [3.8, 4) is 11.4 Å². The molecule has 4 rings (SSSR count). The number of esters is 2. The number of aromatic nitrogens is 2. The number of aromatic carboxylic acids is 1. The number of hydrogen-bond acceptors (Lipinski definition) is 6. The Balaban J connectivity index is 0.000000408. The molecule has 2 heterocycles. The molecule has 0 saturated carbocycles. The van der Waals surface area contributed by atoms with Crippen molar-refractivity contribution in [1.29, 1.82) is 0 Å². The molecule has 42 heavy (non-hydrogen) atoms. The maximum absolute atomic E-state index is 12.6. The molecule has 0 N–H and O–H groups in total. The van der Waals surface area contributed by atoms with Crippen LogP contribution in [-0.4, -0.2) is 34.7 Å². The van der Waals surface area contributed by atoms with E-state index in [0.717, 1.165) is 33.6 Å². The van der Waals surface area contributed by atoms with Crippen LogP contribution in [0.2, 0.25) is 0 Å². The van der Waals surface area contributed by atoms with Gasteiger partial charge in [0.2, 0.25) is 0 Å². The number of carboxylic acid groups (broad SMARTS) is 1. The van der Waals surface area contributed by atoms with Crippen molar-refractivity contribution in [2.24, 2.45) is 0 Å². The van der Waals surface area contributed by atoms with E-state index in [1.54, 1.807) is 0 Å². The van der Waals surface area contributed by atoms with Crippen molar-refractivity contribution in [1.82, 2.24) is 4.57 Å². The lowest BCUT2D eigenvalue weighted by atomic mass is 9.92. The Labute approximate surface area is 249 Å². The number of ether oxygens (including phenoxy) is 2. The van der Waals surface area contributed by atoms with Gasteiger partial charge in [0.15, 0.2) is 18.2 Å². The first-order valence-electron chi connectivity index (χ1n) is 14.7. The molecule has 0 radical (unpaired) electrons. The highest BCUT2D eigenvalue weighted by molar-refractivity contribution is 5.86. The standard InChI is InChI=1S/C28H36N2O2.C6H8O4/c1-17(2)21-11-9-12-22(18(3)4)25(21)29-15-16-30(27(29)28(31)32)26-23(19(5)6)13-10-14-24(26)20(7)8;1-3-5(7)10-4(2)6(8)9-3/h9-20H,1-8H3;3-4H,1-2H3. The molecule has 2 aromatic carbocycles. The molecule has 1 aromatic heterocycles. The largest absolute Gasteiger partial charge is 0.538 e. The highest BCUT2D eigenvalue weighted by Crippen LogP contribution is 2.33. The average molecular weight is 577 g/mol. The SMILES string of the molecule is CC(C)c1cccc(C(C)C)c1-n1cc[n+](-c2c(C(C)C)cccc2C(C)C)c1C(=O)[O-].CC1OC(=O)C(C)OC1=O. The van der Waals surface area contributed by atoms with Crippen molar-refractivity contribution >= 4 is 17.9 Å². The molecule has 1 aliphatic rings. The van der Waals surface area contributed by atoms with Crippen LogP contribution in [0.4, 0.5) is 0 Å². The van der Waals surface area contributed by atoms with Gasteiger partial charge >= 0.3 is 17.8 Å². The first kappa shape index (κ1) is 32.6. The lowest BCUT2D eigenvalue weighted by Crippen LogP contribution is -2.44. The topological polar surface area (TPSA) is 102 Å². The van der Waals surface area contributed by atoms with E-state index >= 15 is 0 Å². The number of carboxylic acids is 1. The second-order valence-corrected chi connectivity index (χ2v) is 12.0. The van der Waals surface area contributed by atoms with Gasteiger partial charge in [-0.1, -0.05) is 91.8 Å². The van der Waals surface area contributed by atoms with E-state index in [9.17, 15) is 19.5 Å². The molecular formula is C34H44N2O6. The van der Waals surface area contributed by atoms with Crippen LogP contribution in [0.3, 0.4) is 0 Å². The monoisotopic (exact) mass is 576 g/mol. The number of cyclic esters (lactones) is 2. The molecule has 0 bridgehead atoms. The minimum absolute atomic E-state index is 0.148. The zero-order valence-electron chi connectivity index (χ0n) is 26.4. The fourth-order valence-electron chi connectivity index (χ4n) is 5.16. The highest BCUT2D eigenvalue weighted by atomic mass is 16.6. The third-order valence-corrected chi connectivity index (χ3v) is 7.42. The van der Waals surface area contributed by atoms with Gasteiger partial charge in [0, 0.05) is 22.3 Å². The Bertz CT molecular complexity index is 1300. The molecule has 3 aromatic rings. The van der Waals surface area contributed by atoms with Crippen molar-refractivity contribution in [3.63, 3.8) is 0 Å². The number of hydrogen-bond donors (Lipinski definition) is 0. The maximum Gasteiger partial charge on any atom is 0.347 e. The Morgan fingerprint density at radius 3 is 1.48 bits per heavy atom. The van der Waals surface area contributed by atoms with Crippen LogP contribution in [0.15, 0.2) is 48.8 Å². The molecule has 1 fully saturated rings. The van der Waals surface area contributed by atoms with E-state index < -0.39 is 30.1 Å². The van der Waals surface area contributed by atoms with E-state index in [-0.39, 0.29) is 29.5 Å². The summed E-state index contributed by atoms with van der Waals surface area (Å²) in [5, 5.41) is 12.6. The predicted molar refractivity (Wildman–Crippen MR) is 159 cm³/mol. The number of carbonyl (C=O) groups excluding carboxylic acids is 3. The van der Waals surface area contributed by atoms with Crippen LogP contribution in [0.25, 0.3) is 11.4 Å². The Morgan fingerprint density at radius 2 is 1.12 bits per heavy atom.